The molecule has 0 saturated heterocycles. The van der Waals surface area contributed by atoms with Crippen LogP contribution in [0, 0.1) is 28.6 Å². The molecule has 4 aliphatic carbocycles. The monoisotopic (exact) mass is 385 g/mol. The number of aromatic nitrogens is 1. The van der Waals surface area contributed by atoms with Crippen LogP contribution in [0.5, 0.6) is 0 Å². The predicted octanol–water partition coefficient (Wildman–Crippen LogP) is 5.82. The normalized spacial score (nSPS) is 42.8. The number of rotatable bonds is 1. The Morgan fingerprint density at radius 2 is 1.85 bits per heavy atom. The summed E-state index contributed by atoms with van der Waals surface area (Å²) < 4.78 is 0. The molecular weight excluding hydrogens is 354 g/mol. The molecule has 1 N–H and O–H groups in total. The highest BCUT2D eigenvalue weighted by molar-refractivity contribution is 5.85. The van der Waals surface area contributed by atoms with E-state index in [4.69, 9.17) is 0 Å². The van der Waals surface area contributed by atoms with E-state index in [9.17, 15) is 5.11 Å². The third-order valence-corrected chi connectivity index (χ3v) is 8.63. The number of aliphatic hydroxyl groups excluding tert-OH is 1. The molecule has 3 heteroatoms. The molecule has 6 atom stereocenters. The van der Waals surface area contributed by atoms with E-state index >= 15 is 0 Å². The Balaban J connectivity index is 0.00000180. The second-order valence-electron chi connectivity index (χ2n) is 9.71. The van der Waals surface area contributed by atoms with E-state index in [1.807, 2.05) is 12.4 Å². The largest absolute Gasteiger partial charge is 0.393 e. The lowest BCUT2D eigenvalue weighted by Gasteiger charge is -2.57. The van der Waals surface area contributed by atoms with Crippen LogP contribution in [0.25, 0.3) is 5.57 Å². The van der Waals surface area contributed by atoms with Crippen molar-refractivity contribution < 1.29 is 5.11 Å². The van der Waals surface area contributed by atoms with Gasteiger partial charge >= 0.3 is 0 Å². The molecule has 0 amide bonds. The summed E-state index contributed by atoms with van der Waals surface area (Å²) in [5.74, 6) is 2.36. The third kappa shape index (κ3) is 2.75. The zero-order valence-corrected chi connectivity index (χ0v) is 17.3. The highest BCUT2D eigenvalue weighted by atomic mass is 35.5. The van der Waals surface area contributed by atoms with Crippen molar-refractivity contribution in [1.29, 1.82) is 0 Å². The molecule has 27 heavy (non-hydrogen) atoms. The average Bonchev–Trinajstić information content (AvgIpc) is 3.00. The lowest BCUT2D eigenvalue weighted by atomic mass is 9.47. The van der Waals surface area contributed by atoms with Crippen molar-refractivity contribution in [3.05, 3.63) is 47.8 Å². The van der Waals surface area contributed by atoms with E-state index in [2.05, 4.69) is 43.1 Å². The molecule has 0 spiro atoms. The molecule has 2 nitrogen and oxygen atoms in total. The number of nitrogens with zero attached hydrogens (tertiary/aromatic N) is 1. The van der Waals surface area contributed by atoms with Crippen LogP contribution in [0.4, 0.5) is 0 Å². The van der Waals surface area contributed by atoms with Crippen molar-refractivity contribution in [1.82, 2.24) is 4.98 Å². The van der Waals surface area contributed by atoms with Gasteiger partial charge in [0.15, 0.2) is 0 Å². The van der Waals surface area contributed by atoms with E-state index in [0.717, 1.165) is 30.6 Å². The molecular formula is C24H32ClNO. The molecule has 0 unspecified atom stereocenters. The van der Waals surface area contributed by atoms with E-state index in [1.165, 1.54) is 37.7 Å². The van der Waals surface area contributed by atoms with Crippen LogP contribution in [-0.2, 0) is 0 Å². The molecule has 5 rings (SSSR count). The quantitative estimate of drug-likeness (QED) is 0.618. The topological polar surface area (TPSA) is 33.1 Å². The van der Waals surface area contributed by atoms with Crippen molar-refractivity contribution in [2.75, 3.05) is 0 Å². The van der Waals surface area contributed by atoms with Gasteiger partial charge in [-0.15, -0.1) is 12.4 Å². The Hall–Kier alpha value is -1.12. The SMILES string of the molecule is C[C@]12CC[C@H](O)CC1=CC[C@@H]1[C@@H]2CC[C@]2(C)C(c3cccnc3)=CC[C@@H]12.Cl. The average molecular weight is 386 g/mol. The van der Waals surface area contributed by atoms with Gasteiger partial charge in [0, 0.05) is 12.4 Å². The summed E-state index contributed by atoms with van der Waals surface area (Å²) in [5, 5.41) is 10.2. The zero-order valence-electron chi connectivity index (χ0n) is 16.5. The van der Waals surface area contributed by atoms with Crippen molar-refractivity contribution in [3.63, 3.8) is 0 Å². The van der Waals surface area contributed by atoms with Crippen LogP contribution in [-0.4, -0.2) is 16.2 Å². The summed E-state index contributed by atoms with van der Waals surface area (Å²) in [5.41, 5.74) is 5.09. The molecule has 2 fully saturated rings. The summed E-state index contributed by atoms with van der Waals surface area (Å²) in [4.78, 5) is 4.38. The summed E-state index contributed by atoms with van der Waals surface area (Å²) >= 11 is 0. The van der Waals surface area contributed by atoms with E-state index in [1.54, 1.807) is 11.1 Å². The highest BCUT2D eigenvalue weighted by Crippen LogP contribution is 2.66. The molecule has 0 bridgehead atoms. The molecule has 0 aromatic carbocycles. The summed E-state index contributed by atoms with van der Waals surface area (Å²) in [7, 11) is 0. The second kappa shape index (κ2) is 6.74. The van der Waals surface area contributed by atoms with Gasteiger partial charge in [0.1, 0.15) is 0 Å². The number of hydrogen-bond acceptors (Lipinski definition) is 2. The molecule has 2 saturated carbocycles. The maximum absolute atomic E-state index is 10.2. The summed E-state index contributed by atoms with van der Waals surface area (Å²) in [6.07, 6.45) is 17.0. The van der Waals surface area contributed by atoms with Gasteiger partial charge < -0.3 is 5.11 Å². The number of fused-ring (bicyclic) bond motifs is 5. The standard InChI is InChI=1S/C24H31NO.ClH/c1-23-11-9-18(26)14-17(23)5-6-19-21-8-7-20(16-4-3-13-25-15-16)24(21,2)12-10-22(19)23;/h3-5,7,13,15,18-19,21-22,26H,6,8-12,14H2,1-2H3;1H/t18-,19-,21-,22-,23-,24+;/m0./s1. The van der Waals surface area contributed by atoms with E-state index < -0.39 is 0 Å². The van der Waals surface area contributed by atoms with Crippen LogP contribution in [0.15, 0.2) is 42.3 Å². The smallest absolute Gasteiger partial charge is 0.0577 e. The fourth-order valence-corrected chi connectivity index (χ4v) is 7.18. The Kier molecular flexibility index (Phi) is 4.79. The van der Waals surface area contributed by atoms with E-state index in [0.29, 0.717) is 10.8 Å². The lowest BCUT2D eigenvalue weighted by Crippen LogP contribution is -2.49. The second-order valence-corrected chi connectivity index (χ2v) is 9.71. The summed E-state index contributed by atoms with van der Waals surface area (Å²) in [6, 6.07) is 4.31. The summed E-state index contributed by atoms with van der Waals surface area (Å²) in [6.45, 7) is 5.03. The van der Waals surface area contributed by atoms with Crippen molar-refractivity contribution in [2.45, 2.75) is 64.9 Å². The number of halogens is 1. The molecule has 0 aliphatic heterocycles. The Morgan fingerprint density at radius 3 is 2.63 bits per heavy atom. The van der Waals surface area contributed by atoms with Gasteiger partial charge in [-0.25, -0.2) is 0 Å². The highest BCUT2D eigenvalue weighted by Gasteiger charge is 2.56. The Bertz CT molecular complexity index is 772. The van der Waals surface area contributed by atoms with E-state index in [-0.39, 0.29) is 18.5 Å². The van der Waals surface area contributed by atoms with Crippen molar-refractivity contribution in [3.8, 4) is 0 Å². The number of aliphatic hydroxyl groups is 1. The van der Waals surface area contributed by atoms with Crippen LogP contribution < -0.4 is 0 Å². The third-order valence-electron chi connectivity index (χ3n) is 8.63. The van der Waals surface area contributed by atoms with Gasteiger partial charge in [0.25, 0.3) is 0 Å². The first-order valence-electron chi connectivity index (χ1n) is 10.5. The first-order chi connectivity index (χ1) is 12.5. The lowest BCUT2D eigenvalue weighted by molar-refractivity contribution is -0.0238. The first-order valence-corrected chi connectivity index (χ1v) is 10.5. The predicted molar refractivity (Wildman–Crippen MR) is 113 cm³/mol. The van der Waals surface area contributed by atoms with Crippen LogP contribution in [0.2, 0.25) is 0 Å². The first kappa shape index (κ1) is 19.2. The molecule has 0 radical (unpaired) electrons. The number of allylic oxidation sites excluding steroid dienone is 3. The van der Waals surface area contributed by atoms with Gasteiger partial charge in [0.05, 0.1) is 6.10 Å². The molecule has 1 aromatic rings. The van der Waals surface area contributed by atoms with Crippen molar-refractivity contribution in [2.24, 2.45) is 28.6 Å². The van der Waals surface area contributed by atoms with Gasteiger partial charge in [-0.3, -0.25) is 4.98 Å². The fourth-order valence-electron chi connectivity index (χ4n) is 7.18. The molecule has 4 aliphatic rings. The maximum atomic E-state index is 10.2. The minimum atomic E-state index is -0.106. The van der Waals surface area contributed by atoms with Gasteiger partial charge in [-0.05, 0) is 90.7 Å². The van der Waals surface area contributed by atoms with Gasteiger partial charge in [-0.2, -0.15) is 0 Å². The van der Waals surface area contributed by atoms with Crippen molar-refractivity contribution >= 4 is 18.0 Å². The Labute approximate surface area is 169 Å². The number of pyridine rings is 1. The van der Waals surface area contributed by atoms with Crippen LogP contribution in [0.3, 0.4) is 0 Å². The molecule has 1 aromatic heterocycles. The Morgan fingerprint density at radius 1 is 1.04 bits per heavy atom. The van der Waals surface area contributed by atoms with Gasteiger partial charge in [0.2, 0.25) is 0 Å². The zero-order chi connectivity index (χ0) is 17.9. The molecule has 146 valence electrons. The van der Waals surface area contributed by atoms with Crippen LogP contribution >= 0.6 is 12.4 Å². The fraction of sp³-hybridized carbons (Fsp3) is 0.625. The molecule has 1 heterocycles. The van der Waals surface area contributed by atoms with Gasteiger partial charge in [-0.1, -0.05) is 37.6 Å². The maximum Gasteiger partial charge on any atom is 0.0577 e. The number of hydrogen-bond donors (Lipinski definition) is 1. The minimum Gasteiger partial charge on any atom is -0.393 e. The minimum absolute atomic E-state index is 0. The van der Waals surface area contributed by atoms with Crippen LogP contribution in [0.1, 0.15) is 64.4 Å².